The van der Waals surface area contributed by atoms with Gasteiger partial charge in [0.1, 0.15) is 0 Å². The maximum atomic E-state index is 14.5. The van der Waals surface area contributed by atoms with Gasteiger partial charge in [-0.15, -0.1) is 0 Å². The second-order valence-electron chi connectivity index (χ2n) is 9.62. The molecule has 1 fully saturated rings. The first kappa shape index (κ1) is 23.1. The van der Waals surface area contributed by atoms with Crippen LogP contribution in [0.4, 0.5) is 21.8 Å². The van der Waals surface area contributed by atoms with Gasteiger partial charge in [0.2, 0.25) is 5.95 Å². The van der Waals surface area contributed by atoms with E-state index in [1.807, 2.05) is 0 Å². The van der Waals surface area contributed by atoms with Gasteiger partial charge in [-0.05, 0) is 69.2 Å². The van der Waals surface area contributed by atoms with Crippen LogP contribution in [-0.4, -0.2) is 46.9 Å². The third kappa shape index (κ3) is 5.14. The highest BCUT2D eigenvalue weighted by molar-refractivity contribution is 6.32. The van der Waals surface area contributed by atoms with E-state index in [9.17, 15) is 9.18 Å². The number of nitrogens with zero attached hydrogens (tertiary/aromatic N) is 6. The normalized spacial score (nSPS) is 17.7. The van der Waals surface area contributed by atoms with Crippen LogP contribution in [0.3, 0.4) is 0 Å². The van der Waals surface area contributed by atoms with Crippen molar-refractivity contribution in [2.75, 3.05) is 10.6 Å². The van der Waals surface area contributed by atoms with Gasteiger partial charge in [0.05, 0.1) is 16.9 Å². The Morgan fingerprint density at radius 1 is 1.18 bits per heavy atom. The van der Waals surface area contributed by atoms with Gasteiger partial charge in [-0.1, -0.05) is 11.6 Å². The van der Waals surface area contributed by atoms with Crippen molar-refractivity contribution in [2.45, 2.75) is 57.7 Å². The van der Waals surface area contributed by atoms with Crippen molar-refractivity contribution in [1.82, 2.24) is 35.1 Å². The quantitative estimate of drug-likeness (QED) is 0.516. The lowest BCUT2D eigenvalue weighted by atomic mass is 9.79. The van der Waals surface area contributed by atoms with Crippen molar-refractivity contribution < 1.29 is 4.39 Å². The second kappa shape index (κ2) is 8.38. The average Bonchev–Trinajstić information content (AvgIpc) is 3.02. The second-order valence-corrected chi connectivity index (χ2v) is 10.0. The molecular weight excluding hydrogens is 449 g/mol. The Labute approximate surface area is 195 Å². The van der Waals surface area contributed by atoms with Crippen LogP contribution in [0.15, 0.2) is 29.2 Å². The summed E-state index contributed by atoms with van der Waals surface area (Å²) in [7, 11) is 1.49. The van der Waals surface area contributed by atoms with E-state index in [1.54, 1.807) is 18.2 Å². The van der Waals surface area contributed by atoms with Crippen LogP contribution < -0.4 is 21.6 Å². The SMILES string of the molecule is Cn1nnn(-c2cc(Nc3ncc(F)c(NC4CC(C)(C)NC(C)(C)C4)n3)ccc2Cl)c1=O. The fraction of sp³-hybridized carbons (Fsp3) is 0.476. The Balaban J connectivity index is 1.57. The monoisotopic (exact) mass is 475 g/mol. The molecule has 0 bridgehead atoms. The van der Waals surface area contributed by atoms with Gasteiger partial charge in [-0.3, -0.25) is 0 Å². The highest BCUT2D eigenvalue weighted by Crippen LogP contribution is 2.31. The Hall–Kier alpha value is -3.05. The number of aryl methyl sites for hydroxylation is 1. The predicted molar refractivity (Wildman–Crippen MR) is 125 cm³/mol. The number of tetrazole rings is 1. The Morgan fingerprint density at radius 2 is 1.88 bits per heavy atom. The molecule has 176 valence electrons. The van der Waals surface area contributed by atoms with Gasteiger partial charge in [0.25, 0.3) is 0 Å². The Bertz CT molecular complexity index is 1220. The number of rotatable bonds is 5. The predicted octanol–water partition coefficient (Wildman–Crippen LogP) is 3.01. The van der Waals surface area contributed by atoms with Gasteiger partial charge in [0, 0.05) is 29.9 Å². The molecule has 12 heteroatoms. The molecule has 1 aliphatic rings. The van der Waals surface area contributed by atoms with Crippen molar-refractivity contribution in [2.24, 2.45) is 7.05 Å². The lowest BCUT2D eigenvalue weighted by molar-refractivity contribution is 0.170. The molecule has 0 unspecified atom stereocenters. The minimum absolute atomic E-state index is 0.0409. The first-order chi connectivity index (χ1) is 15.4. The summed E-state index contributed by atoms with van der Waals surface area (Å²) in [5.74, 6) is -0.200. The zero-order valence-electron chi connectivity index (χ0n) is 19.1. The summed E-state index contributed by atoms with van der Waals surface area (Å²) in [6.07, 6.45) is 2.76. The standard InChI is InChI=1S/C21H27ClFN9O/c1-20(2)9-13(10-21(3,4)28-20)25-17-15(23)11-24-18(27-17)26-12-6-7-14(22)16(8-12)32-19(33)31(5)29-30-32/h6-8,11,13,28H,9-10H2,1-5H3,(H2,24,25,26,27). The lowest BCUT2D eigenvalue weighted by Gasteiger charge is -2.46. The maximum Gasteiger partial charge on any atom is 0.368 e. The molecule has 0 amide bonds. The summed E-state index contributed by atoms with van der Waals surface area (Å²) in [6.45, 7) is 8.53. The fourth-order valence-corrected chi connectivity index (χ4v) is 4.69. The van der Waals surface area contributed by atoms with E-state index >= 15 is 0 Å². The molecule has 0 atom stereocenters. The summed E-state index contributed by atoms with van der Waals surface area (Å²) in [4.78, 5) is 20.6. The molecule has 1 aromatic carbocycles. The molecule has 3 aromatic rings. The van der Waals surface area contributed by atoms with Gasteiger partial charge < -0.3 is 16.0 Å². The fourth-order valence-electron chi connectivity index (χ4n) is 4.49. The molecule has 0 saturated carbocycles. The zero-order chi connectivity index (χ0) is 24.0. The van der Waals surface area contributed by atoms with Crippen molar-refractivity contribution in [3.63, 3.8) is 0 Å². The minimum Gasteiger partial charge on any atom is -0.365 e. The molecular formula is C21H27ClFN9O. The third-order valence-electron chi connectivity index (χ3n) is 5.43. The molecule has 1 saturated heterocycles. The highest BCUT2D eigenvalue weighted by Gasteiger charge is 2.38. The van der Waals surface area contributed by atoms with E-state index in [-0.39, 0.29) is 28.9 Å². The lowest BCUT2D eigenvalue weighted by Crippen LogP contribution is -2.60. The van der Waals surface area contributed by atoms with Crippen molar-refractivity contribution in [1.29, 1.82) is 0 Å². The summed E-state index contributed by atoms with van der Waals surface area (Å²) >= 11 is 6.25. The van der Waals surface area contributed by atoms with Gasteiger partial charge >= 0.3 is 5.69 Å². The van der Waals surface area contributed by atoms with Crippen LogP contribution in [-0.2, 0) is 7.05 Å². The molecule has 1 aliphatic heterocycles. The maximum absolute atomic E-state index is 14.5. The number of benzene rings is 1. The first-order valence-electron chi connectivity index (χ1n) is 10.6. The molecule has 0 aliphatic carbocycles. The van der Waals surface area contributed by atoms with Crippen LogP contribution in [0.25, 0.3) is 5.69 Å². The summed E-state index contributed by atoms with van der Waals surface area (Å²) in [5, 5.41) is 17.7. The zero-order valence-corrected chi connectivity index (χ0v) is 19.9. The molecule has 3 N–H and O–H groups in total. The molecule has 4 rings (SSSR count). The molecule has 0 radical (unpaired) electrons. The molecule has 3 heterocycles. The van der Waals surface area contributed by atoms with Gasteiger partial charge in [-0.2, -0.15) is 14.3 Å². The molecule has 10 nitrogen and oxygen atoms in total. The number of piperidine rings is 1. The van der Waals surface area contributed by atoms with E-state index < -0.39 is 11.5 Å². The van der Waals surface area contributed by atoms with E-state index in [1.165, 1.54) is 7.05 Å². The van der Waals surface area contributed by atoms with E-state index in [4.69, 9.17) is 11.6 Å². The average molecular weight is 476 g/mol. The summed E-state index contributed by atoms with van der Waals surface area (Å²) in [5.41, 5.74) is 0.268. The Morgan fingerprint density at radius 3 is 2.52 bits per heavy atom. The van der Waals surface area contributed by atoms with Gasteiger partial charge in [-0.25, -0.2) is 14.2 Å². The van der Waals surface area contributed by atoms with E-state index in [0.29, 0.717) is 16.4 Å². The van der Waals surface area contributed by atoms with Crippen LogP contribution >= 0.6 is 11.6 Å². The molecule has 0 spiro atoms. The third-order valence-corrected chi connectivity index (χ3v) is 5.75. The first-order valence-corrected chi connectivity index (χ1v) is 10.9. The molecule has 2 aromatic heterocycles. The number of anilines is 3. The van der Waals surface area contributed by atoms with E-state index in [0.717, 1.165) is 28.4 Å². The number of nitrogens with one attached hydrogen (secondary N) is 3. The van der Waals surface area contributed by atoms with Crippen molar-refractivity contribution >= 4 is 29.1 Å². The number of hydrogen-bond donors (Lipinski definition) is 3. The smallest absolute Gasteiger partial charge is 0.365 e. The largest absolute Gasteiger partial charge is 0.368 e. The number of halogens is 2. The van der Waals surface area contributed by atoms with Crippen molar-refractivity contribution in [3.8, 4) is 5.69 Å². The van der Waals surface area contributed by atoms with Crippen LogP contribution in [0.1, 0.15) is 40.5 Å². The summed E-state index contributed by atoms with van der Waals surface area (Å²) in [6, 6.07) is 4.97. The van der Waals surface area contributed by atoms with Crippen LogP contribution in [0.5, 0.6) is 0 Å². The number of aromatic nitrogens is 6. The van der Waals surface area contributed by atoms with Crippen molar-refractivity contribution in [3.05, 3.63) is 45.7 Å². The van der Waals surface area contributed by atoms with E-state index in [2.05, 4.69) is 64.0 Å². The minimum atomic E-state index is -0.530. The molecule has 33 heavy (non-hydrogen) atoms. The van der Waals surface area contributed by atoms with Gasteiger partial charge in [0.15, 0.2) is 11.6 Å². The summed E-state index contributed by atoms with van der Waals surface area (Å²) < 4.78 is 16.7. The number of hydrogen-bond acceptors (Lipinski definition) is 8. The Kier molecular flexibility index (Phi) is 5.87. The highest BCUT2D eigenvalue weighted by atomic mass is 35.5. The van der Waals surface area contributed by atoms with Crippen LogP contribution in [0, 0.1) is 5.82 Å². The van der Waals surface area contributed by atoms with Crippen LogP contribution in [0.2, 0.25) is 5.02 Å². The topological polar surface area (TPSA) is 115 Å².